The highest BCUT2D eigenvalue weighted by Crippen LogP contribution is 2.07. The Morgan fingerprint density at radius 2 is 2.11 bits per heavy atom. The predicted molar refractivity (Wildman–Crippen MR) is 67.1 cm³/mol. The summed E-state index contributed by atoms with van der Waals surface area (Å²) in [5, 5.41) is 8.70. The van der Waals surface area contributed by atoms with Crippen molar-refractivity contribution in [1.82, 2.24) is 9.55 Å². The number of carbonyl (C=O) groups is 1. The zero-order valence-electron chi connectivity index (χ0n) is 10.1. The summed E-state index contributed by atoms with van der Waals surface area (Å²) in [6, 6.07) is 8.71. The molecule has 0 aliphatic carbocycles. The van der Waals surface area contributed by atoms with Gasteiger partial charge in [0.25, 0.3) is 0 Å². The molecule has 2 rings (SSSR count). The summed E-state index contributed by atoms with van der Waals surface area (Å²) in [6.07, 6.45) is 4.30. The number of aromatic nitrogens is 2. The van der Waals surface area contributed by atoms with Gasteiger partial charge in [0, 0.05) is 24.4 Å². The lowest BCUT2D eigenvalue weighted by molar-refractivity contribution is 0.0971. The van der Waals surface area contributed by atoms with Gasteiger partial charge in [-0.15, -0.1) is 0 Å². The number of benzene rings is 1. The number of hydrogen-bond donors (Lipinski definition) is 0. The largest absolute Gasteiger partial charge is 0.327 e. The quantitative estimate of drug-likeness (QED) is 0.768. The van der Waals surface area contributed by atoms with Gasteiger partial charge in [-0.3, -0.25) is 4.79 Å². The molecule has 0 saturated heterocycles. The number of nitriles is 1. The van der Waals surface area contributed by atoms with Crippen LogP contribution < -0.4 is 0 Å². The maximum Gasteiger partial charge on any atom is 0.182 e. The van der Waals surface area contributed by atoms with Crippen molar-refractivity contribution in [2.75, 3.05) is 0 Å². The first-order valence-electron chi connectivity index (χ1n) is 5.78. The molecule has 0 amide bonds. The highest BCUT2D eigenvalue weighted by molar-refractivity contribution is 5.96. The number of hydrogen-bond acceptors (Lipinski definition) is 3. The van der Waals surface area contributed by atoms with Gasteiger partial charge in [0.15, 0.2) is 5.78 Å². The highest BCUT2D eigenvalue weighted by atomic mass is 16.1. The van der Waals surface area contributed by atoms with Crippen molar-refractivity contribution >= 4 is 5.78 Å². The van der Waals surface area contributed by atoms with Crippen LogP contribution in [0, 0.1) is 11.3 Å². The van der Waals surface area contributed by atoms with Gasteiger partial charge in [-0.1, -0.05) is 19.1 Å². The van der Waals surface area contributed by atoms with E-state index in [2.05, 4.69) is 4.98 Å². The molecule has 4 nitrogen and oxygen atoms in total. The van der Waals surface area contributed by atoms with Crippen molar-refractivity contribution in [1.29, 1.82) is 5.26 Å². The van der Waals surface area contributed by atoms with E-state index in [0.717, 1.165) is 12.2 Å². The normalized spacial score (nSPS) is 10.0. The topological polar surface area (TPSA) is 58.7 Å². The minimum absolute atomic E-state index is 0.0205. The van der Waals surface area contributed by atoms with Crippen LogP contribution in [0.2, 0.25) is 0 Å². The van der Waals surface area contributed by atoms with Crippen LogP contribution in [0.15, 0.2) is 36.7 Å². The molecular weight excluding hydrogens is 226 g/mol. The summed E-state index contributed by atoms with van der Waals surface area (Å²) in [7, 11) is 0. The Bertz CT molecular complexity index is 590. The van der Waals surface area contributed by atoms with E-state index in [1.165, 1.54) is 0 Å². The average Bonchev–Trinajstić information content (AvgIpc) is 2.86. The van der Waals surface area contributed by atoms with E-state index >= 15 is 0 Å². The zero-order chi connectivity index (χ0) is 13.0. The molecule has 0 aliphatic rings. The second-order valence-corrected chi connectivity index (χ2v) is 3.94. The van der Waals surface area contributed by atoms with E-state index in [1.807, 2.05) is 17.6 Å². The maximum absolute atomic E-state index is 12.0. The molecule has 0 saturated carbocycles. The number of rotatable bonds is 4. The summed E-state index contributed by atoms with van der Waals surface area (Å²) in [6.45, 7) is 2.29. The number of nitrogens with zero attached hydrogens (tertiary/aromatic N) is 3. The number of ketones is 1. The Hall–Kier alpha value is -2.41. The second-order valence-electron chi connectivity index (χ2n) is 3.94. The molecule has 0 bridgehead atoms. The maximum atomic E-state index is 12.0. The molecule has 1 aromatic heterocycles. The molecule has 1 heterocycles. The van der Waals surface area contributed by atoms with Crippen molar-refractivity contribution in [3.8, 4) is 6.07 Å². The molecule has 0 radical (unpaired) electrons. The van der Waals surface area contributed by atoms with Gasteiger partial charge in [-0.25, -0.2) is 4.98 Å². The molecule has 1 aromatic carbocycles. The van der Waals surface area contributed by atoms with Crippen molar-refractivity contribution in [2.24, 2.45) is 0 Å². The van der Waals surface area contributed by atoms with E-state index < -0.39 is 0 Å². The first-order chi connectivity index (χ1) is 8.74. The molecule has 0 aliphatic heterocycles. The third-order valence-corrected chi connectivity index (χ3v) is 2.77. The van der Waals surface area contributed by atoms with Gasteiger partial charge in [-0.05, 0) is 12.1 Å². The van der Waals surface area contributed by atoms with Crippen LogP contribution in [0.5, 0.6) is 0 Å². The van der Waals surface area contributed by atoms with Gasteiger partial charge >= 0.3 is 0 Å². The Balaban J connectivity index is 2.14. The Morgan fingerprint density at radius 3 is 2.72 bits per heavy atom. The summed E-state index contributed by atoms with van der Waals surface area (Å²) in [5.41, 5.74) is 1.17. The van der Waals surface area contributed by atoms with Crippen LogP contribution in [0.1, 0.15) is 28.7 Å². The van der Waals surface area contributed by atoms with Crippen LogP contribution >= 0.6 is 0 Å². The lowest BCUT2D eigenvalue weighted by Gasteiger charge is -2.05. The Morgan fingerprint density at radius 1 is 1.39 bits per heavy atom. The fraction of sp³-hybridized carbons (Fsp3) is 0.214. The third kappa shape index (κ3) is 2.46. The first-order valence-corrected chi connectivity index (χ1v) is 5.78. The minimum Gasteiger partial charge on any atom is -0.327 e. The Kier molecular flexibility index (Phi) is 3.54. The SMILES string of the molecule is CCc1nccn1CC(=O)c1ccc(C#N)cc1. The van der Waals surface area contributed by atoms with E-state index in [0.29, 0.717) is 11.1 Å². The molecule has 0 fully saturated rings. The van der Waals surface area contributed by atoms with Crippen LogP contribution in [0.3, 0.4) is 0 Å². The fourth-order valence-corrected chi connectivity index (χ4v) is 1.78. The molecule has 0 N–H and O–H groups in total. The van der Waals surface area contributed by atoms with E-state index in [-0.39, 0.29) is 12.3 Å². The summed E-state index contributed by atoms with van der Waals surface area (Å²) in [5.74, 6) is 0.921. The van der Waals surface area contributed by atoms with Crippen molar-refractivity contribution in [2.45, 2.75) is 19.9 Å². The van der Waals surface area contributed by atoms with Crippen molar-refractivity contribution < 1.29 is 4.79 Å². The summed E-state index contributed by atoms with van der Waals surface area (Å²) < 4.78 is 1.85. The molecule has 0 atom stereocenters. The molecule has 18 heavy (non-hydrogen) atoms. The van der Waals surface area contributed by atoms with Crippen molar-refractivity contribution in [3.63, 3.8) is 0 Å². The van der Waals surface area contributed by atoms with E-state index in [1.54, 1.807) is 36.7 Å². The fourth-order valence-electron chi connectivity index (χ4n) is 1.78. The van der Waals surface area contributed by atoms with Gasteiger partial charge in [0.2, 0.25) is 0 Å². The molecule has 0 spiro atoms. The Labute approximate surface area is 106 Å². The molecular formula is C14H13N3O. The lowest BCUT2D eigenvalue weighted by atomic mass is 10.1. The van der Waals surface area contributed by atoms with Crippen LogP contribution in [0.25, 0.3) is 0 Å². The number of carbonyl (C=O) groups excluding carboxylic acids is 1. The molecule has 4 heteroatoms. The van der Waals surface area contributed by atoms with Crippen LogP contribution in [0.4, 0.5) is 0 Å². The van der Waals surface area contributed by atoms with Crippen molar-refractivity contribution in [3.05, 3.63) is 53.6 Å². The van der Waals surface area contributed by atoms with Gasteiger partial charge in [-0.2, -0.15) is 5.26 Å². The number of Topliss-reactive ketones (excluding diaryl/α,β-unsaturated/α-hetero) is 1. The molecule has 0 unspecified atom stereocenters. The standard InChI is InChI=1S/C14H13N3O/c1-2-14-16-7-8-17(14)10-13(18)12-5-3-11(9-15)4-6-12/h3-8H,2,10H2,1H3. The smallest absolute Gasteiger partial charge is 0.182 e. The zero-order valence-corrected chi connectivity index (χ0v) is 10.1. The minimum atomic E-state index is 0.0205. The molecule has 2 aromatic rings. The molecule has 90 valence electrons. The summed E-state index contributed by atoms with van der Waals surface area (Å²) in [4.78, 5) is 16.2. The lowest BCUT2D eigenvalue weighted by Crippen LogP contribution is -2.12. The average molecular weight is 239 g/mol. The monoisotopic (exact) mass is 239 g/mol. The van der Waals surface area contributed by atoms with Gasteiger partial charge in [0.05, 0.1) is 18.2 Å². The highest BCUT2D eigenvalue weighted by Gasteiger charge is 2.09. The van der Waals surface area contributed by atoms with Crippen LogP contribution in [-0.4, -0.2) is 15.3 Å². The van der Waals surface area contributed by atoms with E-state index in [4.69, 9.17) is 5.26 Å². The third-order valence-electron chi connectivity index (χ3n) is 2.77. The first kappa shape index (κ1) is 12.1. The number of aryl methyl sites for hydroxylation is 1. The second kappa shape index (κ2) is 5.28. The van der Waals surface area contributed by atoms with Gasteiger partial charge < -0.3 is 4.57 Å². The summed E-state index contributed by atoms with van der Waals surface area (Å²) >= 11 is 0. The van der Waals surface area contributed by atoms with E-state index in [9.17, 15) is 4.79 Å². The van der Waals surface area contributed by atoms with Gasteiger partial charge in [0.1, 0.15) is 5.82 Å². The number of imidazole rings is 1. The van der Waals surface area contributed by atoms with Crippen LogP contribution in [-0.2, 0) is 13.0 Å². The predicted octanol–water partition coefficient (Wildman–Crippen LogP) is 2.20.